The first-order valence-corrected chi connectivity index (χ1v) is 7.49. The first-order valence-electron chi connectivity index (χ1n) is 6.32. The highest BCUT2D eigenvalue weighted by atomic mass is 79.9. The Morgan fingerprint density at radius 3 is 2.80 bits per heavy atom. The van der Waals surface area contributed by atoms with Crippen molar-refractivity contribution in [3.63, 3.8) is 0 Å². The van der Waals surface area contributed by atoms with E-state index in [9.17, 15) is 5.11 Å². The molecule has 1 spiro atoms. The van der Waals surface area contributed by atoms with Crippen LogP contribution in [0.4, 0.5) is 5.82 Å². The SMILES string of the molecule is OC1=Nc2ncc(Br)c(Cl)c2[C@]12C[C@@H]2c1ccccc1. The molecule has 2 heterocycles. The van der Waals surface area contributed by atoms with Crippen molar-refractivity contribution in [2.75, 3.05) is 0 Å². The lowest BCUT2D eigenvalue weighted by Gasteiger charge is -2.13. The third-order valence-corrected chi connectivity index (χ3v) is 5.39. The number of aliphatic imine (C=N–C) groups is 1. The zero-order valence-electron chi connectivity index (χ0n) is 10.3. The van der Waals surface area contributed by atoms with Gasteiger partial charge in [0.05, 0.1) is 14.9 Å². The van der Waals surface area contributed by atoms with Gasteiger partial charge < -0.3 is 5.11 Å². The second-order valence-corrected chi connectivity index (χ2v) is 6.43. The number of aromatic nitrogens is 1. The third-order valence-electron chi connectivity index (χ3n) is 4.17. The van der Waals surface area contributed by atoms with Crippen molar-refractivity contribution in [1.29, 1.82) is 0 Å². The Morgan fingerprint density at radius 1 is 1.30 bits per heavy atom. The highest BCUT2D eigenvalue weighted by molar-refractivity contribution is 9.10. The van der Waals surface area contributed by atoms with Gasteiger partial charge in [0, 0.05) is 17.7 Å². The van der Waals surface area contributed by atoms with Crippen molar-refractivity contribution in [2.45, 2.75) is 17.8 Å². The van der Waals surface area contributed by atoms with Crippen LogP contribution in [0.3, 0.4) is 0 Å². The summed E-state index contributed by atoms with van der Waals surface area (Å²) >= 11 is 9.81. The quantitative estimate of drug-likeness (QED) is 0.822. The number of nitrogens with zero attached hydrogens (tertiary/aromatic N) is 2. The molecule has 1 aromatic heterocycles. The molecule has 0 amide bonds. The predicted molar refractivity (Wildman–Crippen MR) is 82.1 cm³/mol. The Kier molecular flexibility index (Phi) is 2.51. The number of hydrogen-bond donors (Lipinski definition) is 1. The van der Waals surface area contributed by atoms with Gasteiger partial charge in [0.1, 0.15) is 0 Å². The van der Waals surface area contributed by atoms with Gasteiger partial charge in [0.15, 0.2) is 11.7 Å². The summed E-state index contributed by atoms with van der Waals surface area (Å²) in [4.78, 5) is 8.46. The highest BCUT2D eigenvalue weighted by Gasteiger charge is 2.65. The Morgan fingerprint density at radius 2 is 2.05 bits per heavy atom. The topological polar surface area (TPSA) is 45.5 Å². The van der Waals surface area contributed by atoms with Crippen LogP contribution in [0.5, 0.6) is 0 Å². The Balaban J connectivity index is 1.87. The summed E-state index contributed by atoms with van der Waals surface area (Å²) in [6, 6.07) is 10.1. The largest absolute Gasteiger partial charge is 0.496 e. The van der Waals surface area contributed by atoms with Gasteiger partial charge in [-0.3, -0.25) is 0 Å². The molecule has 1 fully saturated rings. The molecule has 2 atom stereocenters. The summed E-state index contributed by atoms with van der Waals surface area (Å²) in [6.45, 7) is 0. The van der Waals surface area contributed by atoms with Crippen LogP contribution in [0.15, 0.2) is 46.0 Å². The van der Waals surface area contributed by atoms with E-state index in [-0.39, 0.29) is 11.8 Å². The summed E-state index contributed by atoms with van der Waals surface area (Å²) in [5, 5.41) is 10.9. The van der Waals surface area contributed by atoms with E-state index in [0.29, 0.717) is 10.8 Å². The molecular formula is C15H10BrClN2O. The van der Waals surface area contributed by atoms with Crippen LogP contribution in [-0.4, -0.2) is 16.0 Å². The summed E-state index contributed by atoms with van der Waals surface area (Å²) in [5.74, 6) is 0.880. The molecule has 2 aromatic rings. The maximum absolute atomic E-state index is 10.3. The molecule has 0 radical (unpaired) electrons. The van der Waals surface area contributed by atoms with E-state index in [1.54, 1.807) is 6.20 Å². The minimum absolute atomic E-state index is 0.133. The number of rotatable bonds is 1. The van der Waals surface area contributed by atoms with E-state index in [1.807, 2.05) is 18.2 Å². The molecule has 1 N–H and O–H groups in total. The first-order chi connectivity index (χ1) is 9.64. The standard InChI is InChI=1S/C15H10BrClN2O/c16-10-7-18-13-11(12(10)17)15(14(20)19-13)6-9(15)8-4-2-1-3-5-8/h1-5,7,9H,6H2,(H,18,19,20)/t9-,15-/m1/s1. The lowest BCUT2D eigenvalue weighted by atomic mass is 9.93. The Labute approximate surface area is 129 Å². The number of fused-ring (bicyclic) bond motifs is 2. The molecule has 0 unspecified atom stereocenters. The second kappa shape index (κ2) is 4.06. The average molecular weight is 350 g/mol. The Hall–Kier alpha value is -1.39. The third kappa shape index (κ3) is 1.46. The van der Waals surface area contributed by atoms with Gasteiger partial charge in [-0.1, -0.05) is 41.9 Å². The van der Waals surface area contributed by atoms with Crippen LogP contribution in [0.25, 0.3) is 0 Å². The normalized spacial score (nSPS) is 26.5. The van der Waals surface area contributed by atoms with Gasteiger partial charge in [-0.15, -0.1) is 0 Å². The maximum atomic E-state index is 10.3. The summed E-state index contributed by atoms with van der Waals surface area (Å²) in [7, 11) is 0. The summed E-state index contributed by atoms with van der Waals surface area (Å²) in [6.07, 6.45) is 2.44. The number of pyridine rings is 1. The van der Waals surface area contributed by atoms with Gasteiger partial charge in [-0.2, -0.15) is 4.99 Å². The van der Waals surface area contributed by atoms with E-state index >= 15 is 0 Å². The van der Waals surface area contributed by atoms with Crippen LogP contribution < -0.4 is 0 Å². The van der Waals surface area contributed by atoms with Crippen molar-refractivity contribution < 1.29 is 5.11 Å². The van der Waals surface area contributed by atoms with Crippen LogP contribution in [0, 0.1) is 0 Å². The molecule has 1 aliphatic heterocycles. The van der Waals surface area contributed by atoms with Crippen LogP contribution in [-0.2, 0) is 5.41 Å². The fourth-order valence-electron chi connectivity index (χ4n) is 3.12. The number of aliphatic hydroxyl groups excluding tert-OH is 1. The number of aliphatic hydroxyl groups is 1. The minimum atomic E-state index is -0.482. The zero-order chi connectivity index (χ0) is 13.9. The molecule has 1 aromatic carbocycles. The van der Waals surface area contributed by atoms with Crippen molar-refractivity contribution in [1.82, 2.24) is 4.98 Å². The number of hydrogen-bond acceptors (Lipinski definition) is 2. The van der Waals surface area contributed by atoms with E-state index < -0.39 is 5.41 Å². The van der Waals surface area contributed by atoms with Crippen molar-refractivity contribution in [2.24, 2.45) is 4.99 Å². The predicted octanol–water partition coefficient (Wildman–Crippen LogP) is 4.52. The second-order valence-electron chi connectivity index (χ2n) is 5.19. The fourth-order valence-corrected chi connectivity index (χ4v) is 3.73. The first kappa shape index (κ1) is 12.4. The zero-order valence-corrected chi connectivity index (χ0v) is 12.7. The molecule has 1 aliphatic carbocycles. The van der Waals surface area contributed by atoms with E-state index in [4.69, 9.17) is 11.6 Å². The molecule has 4 rings (SSSR count). The Bertz CT molecular complexity index is 747. The maximum Gasteiger partial charge on any atom is 0.199 e. The van der Waals surface area contributed by atoms with Crippen LogP contribution in [0.1, 0.15) is 23.5 Å². The van der Waals surface area contributed by atoms with Crippen molar-refractivity contribution >= 4 is 39.2 Å². The minimum Gasteiger partial charge on any atom is -0.496 e. The molecular weight excluding hydrogens is 340 g/mol. The van der Waals surface area contributed by atoms with Gasteiger partial charge in [-0.25, -0.2) is 4.98 Å². The lowest BCUT2D eigenvalue weighted by molar-refractivity contribution is 0.513. The summed E-state index contributed by atoms with van der Waals surface area (Å²) < 4.78 is 0.737. The van der Waals surface area contributed by atoms with Gasteiger partial charge >= 0.3 is 0 Å². The van der Waals surface area contributed by atoms with E-state index in [2.05, 4.69) is 38.0 Å². The smallest absolute Gasteiger partial charge is 0.199 e. The van der Waals surface area contributed by atoms with Crippen molar-refractivity contribution in [3.05, 3.63) is 57.2 Å². The molecule has 0 saturated heterocycles. The summed E-state index contributed by atoms with van der Waals surface area (Å²) in [5.41, 5.74) is 1.56. The molecule has 3 nitrogen and oxygen atoms in total. The lowest BCUT2D eigenvalue weighted by Crippen LogP contribution is -2.18. The van der Waals surface area contributed by atoms with Gasteiger partial charge in [0.2, 0.25) is 0 Å². The van der Waals surface area contributed by atoms with Crippen LogP contribution >= 0.6 is 27.5 Å². The average Bonchev–Trinajstić information content (AvgIpc) is 3.13. The van der Waals surface area contributed by atoms with E-state index in [0.717, 1.165) is 16.5 Å². The fraction of sp³-hybridized carbons (Fsp3) is 0.200. The molecule has 100 valence electrons. The van der Waals surface area contributed by atoms with Gasteiger partial charge in [-0.05, 0) is 27.9 Å². The van der Waals surface area contributed by atoms with E-state index in [1.165, 1.54) is 5.56 Å². The number of benzene rings is 1. The van der Waals surface area contributed by atoms with Gasteiger partial charge in [0.25, 0.3) is 0 Å². The molecule has 1 saturated carbocycles. The number of halogens is 2. The molecule has 0 bridgehead atoms. The monoisotopic (exact) mass is 348 g/mol. The van der Waals surface area contributed by atoms with Crippen molar-refractivity contribution in [3.8, 4) is 0 Å². The molecule has 2 aliphatic rings. The van der Waals surface area contributed by atoms with Crippen LogP contribution in [0.2, 0.25) is 5.02 Å². The highest BCUT2D eigenvalue weighted by Crippen LogP contribution is 2.66. The molecule has 20 heavy (non-hydrogen) atoms. The molecule has 5 heteroatoms.